The first-order valence-electron chi connectivity index (χ1n) is 6.02. The van der Waals surface area contributed by atoms with Gasteiger partial charge in [0.1, 0.15) is 11.5 Å². The first-order chi connectivity index (χ1) is 9.66. The Balaban J connectivity index is 2.21. The fraction of sp³-hybridized carbons (Fsp3) is 0.0714. The molecular weight excluding hydrogens is 318 g/mol. The molecule has 0 saturated carbocycles. The van der Waals surface area contributed by atoms with E-state index in [4.69, 9.17) is 5.73 Å². The molecule has 0 atom stereocenters. The van der Waals surface area contributed by atoms with Gasteiger partial charge >= 0.3 is 0 Å². The van der Waals surface area contributed by atoms with Crippen LogP contribution < -0.4 is 5.73 Å². The lowest BCUT2D eigenvalue weighted by atomic mass is 10.1. The second kappa shape index (κ2) is 5.05. The molecule has 0 spiro atoms. The molecule has 20 heavy (non-hydrogen) atoms. The average Bonchev–Trinajstić information content (AvgIpc) is 2.89. The third-order valence-electron chi connectivity index (χ3n) is 2.97. The monoisotopic (exact) mass is 329 g/mol. The molecule has 0 aliphatic rings. The van der Waals surface area contributed by atoms with Crippen LogP contribution >= 0.6 is 15.9 Å². The summed E-state index contributed by atoms with van der Waals surface area (Å²) in [5.74, 6) is 0.972. The summed E-state index contributed by atoms with van der Waals surface area (Å²) in [6, 6.07) is 9.86. The van der Waals surface area contributed by atoms with Gasteiger partial charge in [0.05, 0.1) is 22.7 Å². The number of benzene rings is 1. The first kappa shape index (κ1) is 12.8. The molecule has 0 unspecified atom stereocenters. The zero-order valence-corrected chi connectivity index (χ0v) is 12.4. The first-order valence-corrected chi connectivity index (χ1v) is 6.81. The van der Waals surface area contributed by atoms with Gasteiger partial charge in [-0.05, 0) is 15.9 Å². The van der Waals surface area contributed by atoms with Gasteiger partial charge < -0.3 is 10.3 Å². The zero-order valence-electron chi connectivity index (χ0n) is 10.8. The molecule has 0 amide bonds. The van der Waals surface area contributed by atoms with E-state index in [0.29, 0.717) is 16.1 Å². The quantitative estimate of drug-likeness (QED) is 0.784. The van der Waals surface area contributed by atoms with E-state index in [0.717, 1.165) is 17.0 Å². The lowest BCUT2D eigenvalue weighted by Gasteiger charge is -2.09. The van der Waals surface area contributed by atoms with E-state index in [1.54, 1.807) is 12.5 Å². The van der Waals surface area contributed by atoms with E-state index in [1.807, 2.05) is 41.9 Å². The number of aryl methyl sites for hydroxylation is 1. The molecule has 2 heterocycles. The Morgan fingerprint density at radius 2 is 1.90 bits per heavy atom. The number of hydrogen-bond acceptors (Lipinski definition) is 4. The average molecular weight is 330 g/mol. The molecule has 0 saturated heterocycles. The van der Waals surface area contributed by atoms with Gasteiger partial charge in [-0.15, -0.1) is 0 Å². The highest BCUT2D eigenvalue weighted by atomic mass is 79.9. The van der Waals surface area contributed by atoms with Crippen LogP contribution in [0, 0.1) is 0 Å². The van der Waals surface area contributed by atoms with Crippen molar-refractivity contribution in [2.24, 2.45) is 7.05 Å². The van der Waals surface area contributed by atoms with Crippen molar-refractivity contribution in [3.8, 4) is 22.8 Å². The predicted molar refractivity (Wildman–Crippen MR) is 81.8 cm³/mol. The Kier molecular flexibility index (Phi) is 3.23. The smallest absolute Gasteiger partial charge is 0.180 e. The number of rotatable bonds is 2. The van der Waals surface area contributed by atoms with Crippen molar-refractivity contribution in [3.05, 3.63) is 47.3 Å². The summed E-state index contributed by atoms with van der Waals surface area (Å²) in [6.07, 6.45) is 3.43. The minimum atomic E-state index is 0.412. The molecule has 5 nitrogen and oxygen atoms in total. The highest BCUT2D eigenvalue weighted by molar-refractivity contribution is 9.10. The second-order valence-electron chi connectivity index (χ2n) is 4.35. The lowest BCUT2D eigenvalue weighted by Crippen LogP contribution is -2.02. The number of hydrogen-bond donors (Lipinski definition) is 1. The Bertz CT molecular complexity index is 752. The van der Waals surface area contributed by atoms with E-state index >= 15 is 0 Å². The maximum atomic E-state index is 5.99. The van der Waals surface area contributed by atoms with E-state index in [2.05, 4.69) is 30.9 Å². The molecule has 0 aliphatic carbocycles. The second-order valence-corrected chi connectivity index (χ2v) is 5.14. The van der Waals surface area contributed by atoms with Gasteiger partial charge in [0, 0.05) is 12.6 Å². The molecule has 0 aliphatic heterocycles. The molecule has 3 rings (SSSR count). The summed E-state index contributed by atoms with van der Waals surface area (Å²) < 4.78 is 2.56. The molecule has 0 radical (unpaired) electrons. The molecule has 2 aromatic heterocycles. The van der Waals surface area contributed by atoms with E-state index in [1.165, 1.54) is 0 Å². The van der Waals surface area contributed by atoms with Crippen LogP contribution in [-0.4, -0.2) is 19.5 Å². The Morgan fingerprint density at radius 1 is 1.15 bits per heavy atom. The van der Waals surface area contributed by atoms with Crippen molar-refractivity contribution < 1.29 is 0 Å². The maximum Gasteiger partial charge on any atom is 0.180 e. The number of nitrogens with two attached hydrogens (primary N) is 1. The van der Waals surface area contributed by atoms with E-state index in [-0.39, 0.29) is 0 Å². The van der Waals surface area contributed by atoms with Crippen molar-refractivity contribution in [3.63, 3.8) is 0 Å². The van der Waals surface area contributed by atoms with Crippen molar-refractivity contribution in [1.82, 2.24) is 19.5 Å². The highest BCUT2D eigenvalue weighted by Crippen LogP contribution is 2.31. The molecular formula is C14H12BrN5. The van der Waals surface area contributed by atoms with Gasteiger partial charge in [-0.1, -0.05) is 30.3 Å². The number of nitrogen functional groups attached to an aromatic ring is 1. The van der Waals surface area contributed by atoms with Crippen LogP contribution in [0.2, 0.25) is 0 Å². The Labute approximate surface area is 124 Å². The number of halogens is 1. The predicted octanol–water partition coefficient (Wildman–Crippen LogP) is 2.89. The molecule has 2 N–H and O–H groups in total. The number of imidazole rings is 1. The molecule has 6 heteroatoms. The van der Waals surface area contributed by atoms with Crippen LogP contribution in [0.5, 0.6) is 0 Å². The van der Waals surface area contributed by atoms with Gasteiger partial charge in [0.2, 0.25) is 0 Å². The van der Waals surface area contributed by atoms with Crippen LogP contribution in [0.4, 0.5) is 5.82 Å². The molecule has 1 aromatic carbocycles. The zero-order chi connectivity index (χ0) is 14.1. The number of nitrogens with zero attached hydrogens (tertiary/aromatic N) is 4. The third-order valence-corrected chi connectivity index (χ3v) is 3.75. The molecule has 3 aromatic rings. The van der Waals surface area contributed by atoms with Crippen molar-refractivity contribution >= 4 is 21.7 Å². The lowest BCUT2D eigenvalue weighted by molar-refractivity contribution is 0.909. The van der Waals surface area contributed by atoms with Crippen molar-refractivity contribution in [2.75, 3.05) is 5.73 Å². The van der Waals surface area contributed by atoms with Crippen molar-refractivity contribution in [2.45, 2.75) is 0 Å². The fourth-order valence-electron chi connectivity index (χ4n) is 1.94. The number of anilines is 1. The topological polar surface area (TPSA) is 69.6 Å². The van der Waals surface area contributed by atoms with Gasteiger partial charge in [0.15, 0.2) is 5.82 Å². The van der Waals surface area contributed by atoms with Gasteiger partial charge in [-0.2, -0.15) is 0 Å². The minimum Gasteiger partial charge on any atom is -0.383 e. The van der Waals surface area contributed by atoms with E-state index < -0.39 is 0 Å². The van der Waals surface area contributed by atoms with Crippen LogP contribution in [0.3, 0.4) is 0 Å². The summed E-state index contributed by atoms with van der Waals surface area (Å²) >= 11 is 3.46. The normalized spacial score (nSPS) is 10.7. The van der Waals surface area contributed by atoms with E-state index in [9.17, 15) is 0 Å². The van der Waals surface area contributed by atoms with Crippen LogP contribution in [0.15, 0.2) is 47.3 Å². The third kappa shape index (κ3) is 2.18. The Morgan fingerprint density at radius 3 is 2.55 bits per heavy atom. The number of aromatic nitrogens is 4. The summed E-state index contributed by atoms with van der Waals surface area (Å²) in [5, 5.41) is 0. The molecule has 100 valence electrons. The largest absolute Gasteiger partial charge is 0.383 e. The molecule has 0 bridgehead atoms. The summed E-state index contributed by atoms with van der Waals surface area (Å²) in [4.78, 5) is 13.0. The SMILES string of the molecule is Cn1cncc1-c1nc(N)c(Br)c(-c2ccccc2)n1. The van der Waals surface area contributed by atoms with Crippen molar-refractivity contribution in [1.29, 1.82) is 0 Å². The molecule has 0 fully saturated rings. The van der Waals surface area contributed by atoms with Crippen LogP contribution in [0.1, 0.15) is 0 Å². The van der Waals surface area contributed by atoms with Gasteiger partial charge in [-0.25, -0.2) is 15.0 Å². The van der Waals surface area contributed by atoms with Crippen LogP contribution in [0.25, 0.3) is 22.8 Å². The fourth-order valence-corrected chi connectivity index (χ4v) is 2.35. The Hall–Kier alpha value is -2.21. The van der Waals surface area contributed by atoms with Gasteiger partial charge in [0.25, 0.3) is 0 Å². The highest BCUT2D eigenvalue weighted by Gasteiger charge is 2.14. The summed E-state index contributed by atoms with van der Waals surface area (Å²) in [5.41, 5.74) is 8.56. The standard InChI is InChI=1S/C14H12BrN5/c1-20-8-17-7-10(20)14-18-12(11(15)13(16)19-14)9-5-3-2-4-6-9/h2-8H,1H3,(H2,16,18,19). The van der Waals surface area contributed by atoms with Gasteiger partial charge in [-0.3, -0.25) is 0 Å². The maximum absolute atomic E-state index is 5.99. The minimum absolute atomic E-state index is 0.412. The summed E-state index contributed by atoms with van der Waals surface area (Å²) in [7, 11) is 1.89. The summed E-state index contributed by atoms with van der Waals surface area (Å²) in [6.45, 7) is 0. The van der Waals surface area contributed by atoms with Crippen LogP contribution in [-0.2, 0) is 7.05 Å².